The van der Waals surface area contributed by atoms with E-state index in [0.717, 1.165) is 31.5 Å². The van der Waals surface area contributed by atoms with Gasteiger partial charge in [0.05, 0.1) is 5.75 Å². The lowest BCUT2D eigenvalue weighted by atomic mass is 10.2. The third-order valence-electron chi connectivity index (χ3n) is 3.30. The summed E-state index contributed by atoms with van der Waals surface area (Å²) < 4.78 is 5.51. The van der Waals surface area contributed by atoms with Crippen LogP contribution in [-0.4, -0.2) is 45.0 Å². The van der Waals surface area contributed by atoms with Crippen molar-refractivity contribution in [2.75, 3.05) is 18.8 Å². The number of amides is 1. The molecule has 1 amide bonds. The maximum Gasteiger partial charge on any atom is 0.277 e. The Morgan fingerprint density at radius 3 is 2.67 bits per heavy atom. The number of nitrogens with zero attached hydrogens (tertiary/aromatic N) is 3. The molecule has 3 rings (SSSR count). The van der Waals surface area contributed by atoms with Crippen molar-refractivity contribution < 1.29 is 14.3 Å². The number of thioether (sulfide) groups is 1. The number of hydrogen-bond acceptors (Lipinski definition) is 6. The molecule has 1 fully saturated rings. The van der Waals surface area contributed by atoms with Crippen LogP contribution in [0.3, 0.4) is 0 Å². The third kappa shape index (κ3) is 3.36. The van der Waals surface area contributed by atoms with Crippen LogP contribution in [0.15, 0.2) is 33.9 Å². The molecule has 0 aliphatic carbocycles. The lowest BCUT2D eigenvalue weighted by Gasteiger charge is -2.13. The van der Waals surface area contributed by atoms with Crippen molar-refractivity contribution in [1.82, 2.24) is 15.1 Å². The molecule has 1 saturated heterocycles. The molecule has 1 aromatic heterocycles. The highest BCUT2D eigenvalue weighted by atomic mass is 32.2. The van der Waals surface area contributed by atoms with Crippen LogP contribution in [0.1, 0.15) is 12.8 Å². The first kappa shape index (κ1) is 13.9. The van der Waals surface area contributed by atoms with E-state index >= 15 is 0 Å². The maximum atomic E-state index is 11.9. The Hall–Kier alpha value is -2.02. The van der Waals surface area contributed by atoms with E-state index in [0.29, 0.717) is 16.9 Å². The Labute approximate surface area is 126 Å². The summed E-state index contributed by atoms with van der Waals surface area (Å²) in [4.78, 5) is 13.8. The van der Waals surface area contributed by atoms with Crippen LogP contribution in [-0.2, 0) is 4.79 Å². The molecule has 0 unspecified atom stereocenters. The van der Waals surface area contributed by atoms with Gasteiger partial charge in [0.25, 0.3) is 5.22 Å². The molecule has 0 radical (unpaired) electrons. The highest BCUT2D eigenvalue weighted by Crippen LogP contribution is 2.25. The fraction of sp³-hybridized carbons (Fsp3) is 0.357. The average molecular weight is 305 g/mol. The molecule has 0 saturated carbocycles. The second-order valence-corrected chi connectivity index (χ2v) is 5.72. The summed E-state index contributed by atoms with van der Waals surface area (Å²) in [5.74, 6) is 0.995. The van der Waals surface area contributed by atoms with Crippen LogP contribution in [0.25, 0.3) is 11.5 Å². The molecule has 6 nitrogen and oxygen atoms in total. The highest BCUT2D eigenvalue weighted by molar-refractivity contribution is 7.99. The second kappa shape index (κ2) is 6.17. The summed E-state index contributed by atoms with van der Waals surface area (Å²) >= 11 is 1.25. The van der Waals surface area contributed by atoms with E-state index in [1.165, 1.54) is 11.8 Å². The van der Waals surface area contributed by atoms with E-state index in [1.807, 2.05) is 4.90 Å². The Kier molecular flexibility index (Phi) is 4.10. The number of carbonyl (C=O) groups excluding carboxylic acids is 1. The summed E-state index contributed by atoms with van der Waals surface area (Å²) in [5.41, 5.74) is 0.734. The number of phenols is 1. The SMILES string of the molecule is O=C(CSc1nnc(-c2ccc(O)cc2)o1)N1CCCC1. The molecule has 0 atom stereocenters. The number of benzene rings is 1. The van der Waals surface area contributed by atoms with Gasteiger partial charge in [0, 0.05) is 18.7 Å². The van der Waals surface area contributed by atoms with Crippen LogP contribution in [0.5, 0.6) is 5.75 Å². The monoisotopic (exact) mass is 305 g/mol. The van der Waals surface area contributed by atoms with Crippen molar-refractivity contribution in [2.24, 2.45) is 0 Å². The van der Waals surface area contributed by atoms with Crippen molar-refractivity contribution in [1.29, 1.82) is 0 Å². The molecule has 1 aliphatic heterocycles. The second-order valence-electron chi connectivity index (χ2n) is 4.80. The van der Waals surface area contributed by atoms with Crippen LogP contribution < -0.4 is 0 Å². The van der Waals surface area contributed by atoms with Gasteiger partial charge in [0.2, 0.25) is 11.8 Å². The molecule has 1 aromatic carbocycles. The number of likely N-dealkylation sites (tertiary alicyclic amines) is 1. The van der Waals surface area contributed by atoms with E-state index in [2.05, 4.69) is 10.2 Å². The smallest absolute Gasteiger partial charge is 0.277 e. The van der Waals surface area contributed by atoms with Gasteiger partial charge in [-0.2, -0.15) is 0 Å². The van der Waals surface area contributed by atoms with Gasteiger partial charge >= 0.3 is 0 Å². The van der Waals surface area contributed by atoms with Gasteiger partial charge in [-0.25, -0.2) is 0 Å². The van der Waals surface area contributed by atoms with E-state index in [1.54, 1.807) is 24.3 Å². The Morgan fingerprint density at radius 1 is 1.24 bits per heavy atom. The van der Waals surface area contributed by atoms with Gasteiger partial charge in [-0.05, 0) is 37.1 Å². The Morgan fingerprint density at radius 2 is 1.95 bits per heavy atom. The number of carbonyl (C=O) groups is 1. The predicted octanol–water partition coefficient (Wildman–Crippen LogP) is 2.16. The zero-order valence-corrected chi connectivity index (χ0v) is 12.2. The minimum absolute atomic E-state index is 0.113. The quantitative estimate of drug-likeness (QED) is 0.872. The van der Waals surface area contributed by atoms with Crippen molar-refractivity contribution >= 4 is 17.7 Å². The summed E-state index contributed by atoms with van der Waals surface area (Å²) in [5, 5.41) is 17.5. The summed E-state index contributed by atoms with van der Waals surface area (Å²) in [6.45, 7) is 1.70. The van der Waals surface area contributed by atoms with Gasteiger partial charge in [-0.1, -0.05) is 11.8 Å². The fourth-order valence-corrected chi connectivity index (χ4v) is 2.84. The molecule has 7 heteroatoms. The predicted molar refractivity (Wildman–Crippen MR) is 77.9 cm³/mol. The van der Waals surface area contributed by atoms with Crippen LogP contribution in [0, 0.1) is 0 Å². The maximum absolute atomic E-state index is 11.9. The minimum Gasteiger partial charge on any atom is -0.508 e. The normalized spacial score (nSPS) is 14.6. The molecular formula is C14H15N3O3S. The lowest BCUT2D eigenvalue weighted by Crippen LogP contribution is -2.29. The van der Waals surface area contributed by atoms with E-state index in [4.69, 9.17) is 4.42 Å². The fourth-order valence-electron chi connectivity index (χ4n) is 2.17. The van der Waals surface area contributed by atoms with Gasteiger partial charge in [-0.15, -0.1) is 10.2 Å². The van der Waals surface area contributed by atoms with Crippen LogP contribution >= 0.6 is 11.8 Å². The summed E-state index contributed by atoms with van der Waals surface area (Å²) in [6, 6.07) is 6.52. The van der Waals surface area contributed by atoms with E-state index in [9.17, 15) is 9.90 Å². The van der Waals surface area contributed by atoms with Crippen LogP contribution in [0.2, 0.25) is 0 Å². The topological polar surface area (TPSA) is 79.5 Å². The lowest BCUT2D eigenvalue weighted by molar-refractivity contribution is -0.127. The average Bonchev–Trinajstić information content (AvgIpc) is 3.17. The first-order valence-corrected chi connectivity index (χ1v) is 7.74. The molecule has 0 spiro atoms. The van der Waals surface area contributed by atoms with Crippen molar-refractivity contribution in [3.05, 3.63) is 24.3 Å². The molecule has 2 heterocycles. The van der Waals surface area contributed by atoms with E-state index < -0.39 is 0 Å². The molecule has 1 aliphatic rings. The molecule has 2 aromatic rings. The summed E-state index contributed by atoms with van der Waals surface area (Å²) in [6.07, 6.45) is 2.17. The standard InChI is InChI=1S/C14H15N3O3S/c18-11-5-3-10(4-6-11)13-15-16-14(20-13)21-9-12(19)17-7-1-2-8-17/h3-6,18H,1-2,7-9H2. The molecular weight excluding hydrogens is 290 g/mol. The van der Waals surface area contributed by atoms with Gasteiger partial charge in [0.15, 0.2) is 0 Å². The number of phenolic OH excluding ortho intramolecular Hbond substituents is 1. The van der Waals surface area contributed by atoms with Crippen molar-refractivity contribution in [3.8, 4) is 17.2 Å². The third-order valence-corrected chi connectivity index (χ3v) is 4.10. The first-order valence-electron chi connectivity index (χ1n) is 6.76. The number of rotatable bonds is 4. The zero-order valence-electron chi connectivity index (χ0n) is 11.4. The van der Waals surface area contributed by atoms with E-state index in [-0.39, 0.29) is 11.7 Å². The number of aromatic nitrogens is 2. The van der Waals surface area contributed by atoms with Crippen molar-refractivity contribution in [2.45, 2.75) is 18.1 Å². The van der Waals surface area contributed by atoms with Gasteiger partial charge in [0.1, 0.15) is 5.75 Å². The van der Waals surface area contributed by atoms with Gasteiger partial charge in [-0.3, -0.25) is 4.79 Å². The minimum atomic E-state index is 0.113. The van der Waals surface area contributed by atoms with Gasteiger partial charge < -0.3 is 14.4 Å². The molecule has 21 heavy (non-hydrogen) atoms. The number of hydrogen-bond donors (Lipinski definition) is 1. The highest BCUT2D eigenvalue weighted by Gasteiger charge is 2.19. The molecule has 110 valence electrons. The Bertz CT molecular complexity index is 621. The molecule has 1 N–H and O–H groups in total. The molecule has 0 bridgehead atoms. The van der Waals surface area contributed by atoms with Crippen LogP contribution in [0.4, 0.5) is 0 Å². The Balaban J connectivity index is 1.60. The summed E-state index contributed by atoms with van der Waals surface area (Å²) in [7, 11) is 0. The first-order chi connectivity index (χ1) is 10.2. The number of aromatic hydroxyl groups is 1. The van der Waals surface area contributed by atoms with Crippen molar-refractivity contribution in [3.63, 3.8) is 0 Å². The zero-order chi connectivity index (χ0) is 14.7. The largest absolute Gasteiger partial charge is 0.508 e.